The van der Waals surface area contributed by atoms with Crippen LogP contribution < -0.4 is 15.4 Å². The largest absolute Gasteiger partial charge is 0.484 e. The molecule has 0 aliphatic rings. The van der Waals surface area contributed by atoms with Crippen molar-refractivity contribution in [1.29, 1.82) is 0 Å². The third kappa shape index (κ3) is 5.59. The van der Waals surface area contributed by atoms with E-state index in [1.165, 1.54) is 0 Å². The van der Waals surface area contributed by atoms with Gasteiger partial charge in [-0.15, -0.1) is 0 Å². The van der Waals surface area contributed by atoms with Crippen LogP contribution in [0.25, 0.3) is 0 Å². The highest BCUT2D eigenvalue weighted by Crippen LogP contribution is 2.20. The molecular weight excluding hydrogens is 388 g/mol. The van der Waals surface area contributed by atoms with E-state index in [0.29, 0.717) is 22.0 Å². The van der Waals surface area contributed by atoms with E-state index in [9.17, 15) is 9.59 Å². The van der Waals surface area contributed by atoms with Gasteiger partial charge in [0.25, 0.3) is 11.8 Å². The van der Waals surface area contributed by atoms with E-state index in [4.69, 9.17) is 16.3 Å². The van der Waals surface area contributed by atoms with Gasteiger partial charge < -0.3 is 15.4 Å². The predicted molar refractivity (Wildman–Crippen MR) is 116 cm³/mol. The molecule has 0 aromatic heterocycles. The zero-order chi connectivity index (χ0) is 20.8. The molecule has 0 bridgehead atoms. The van der Waals surface area contributed by atoms with E-state index < -0.39 is 0 Å². The summed E-state index contributed by atoms with van der Waals surface area (Å²) in [4.78, 5) is 24.4. The maximum Gasteiger partial charge on any atom is 0.262 e. The molecule has 3 rings (SSSR count). The second-order valence-corrected chi connectivity index (χ2v) is 7.00. The number of ether oxygens (including phenoxy) is 1. The number of carbonyl (C=O) groups is 2. The lowest BCUT2D eigenvalue weighted by Gasteiger charge is -2.10. The first kappa shape index (κ1) is 20.4. The molecule has 2 N–H and O–H groups in total. The molecule has 3 aromatic rings. The fourth-order valence-corrected chi connectivity index (χ4v) is 2.81. The lowest BCUT2D eigenvalue weighted by Crippen LogP contribution is -2.20. The van der Waals surface area contributed by atoms with Crippen LogP contribution >= 0.6 is 11.6 Å². The number of hydrogen-bond acceptors (Lipinski definition) is 3. The second kappa shape index (κ2) is 9.26. The molecule has 6 heteroatoms. The Balaban J connectivity index is 1.53. The highest BCUT2D eigenvalue weighted by molar-refractivity contribution is 6.31. The Hall–Kier alpha value is -3.31. The minimum atomic E-state index is -0.300. The quantitative estimate of drug-likeness (QED) is 0.587. The van der Waals surface area contributed by atoms with E-state index >= 15 is 0 Å². The number of rotatable bonds is 6. The van der Waals surface area contributed by atoms with Gasteiger partial charge in [0.2, 0.25) is 0 Å². The molecule has 0 radical (unpaired) electrons. The molecule has 0 aliphatic heterocycles. The summed E-state index contributed by atoms with van der Waals surface area (Å²) in [5.41, 5.74) is 3.80. The summed E-state index contributed by atoms with van der Waals surface area (Å²) in [7, 11) is 0. The minimum absolute atomic E-state index is 0.153. The number of halogens is 1. The highest BCUT2D eigenvalue weighted by Gasteiger charge is 2.09. The molecule has 0 heterocycles. The number of anilines is 2. The second-order valence-electron chi connectivity index (χ2n) is 6.59. The lowest BCUT2D eigenvalue weighted by molar-refractivity contribution is -0.118. The number of amides is 2. The summed E-state index contributed by atoms with van der Waals surface area (Å²) in [6, 6.07) is 19.5. The number of hydrogen-bond donors (Lipinski definition) is 2. The smallest absolute Gasteiger partial charge is 0.262 e. The molecule has 0 saturated carbocycles. The number of benzene rings is 3. The van der Waals surface area contributed by atoms with Gasteiger partial charge in [0.05, 0.1) is 0 Å². The number of aryl methyl sites for hydroxylation is 2. The SMILES string of the molecule is Cc1ccc(NC(=O)COc2ccc(C(=O)Nc3ccccc3C)cc2)cc1Cl. The van der Waals surface area contributed by atoms with Gasteiger partial charge in [-0.05, 0) is 67.4 Å². The van der Waals surface area contributed by atoms with Crippen molar-refractivity contribution in [2.75, 3.05) is 17.2 Å². The molecule has 148 valence electrons. The average Bonchev–Trinajstić information content (AvgIpc) is 2.71. The van der Waals surface area contributed by atoms with Gasteiger partial charge in [-0.2, -0.15) is 0 Å². The van der Waals surface area contributed by atoms with Crippen molar-refractivity contribution in [2.45, 2.75) is 13.8 Å². The average molecular weight is 409 g/mol. The van der Waals surface area contributed by atoms with E-state index in [1.54, 1.807) is 36.4 Å². The van der Waals surface area contributed by atoms with Crippen LogP contribution in [0.3, 0.4) is 0 Å². The van der Waals surface area contributed by atoms with Gasteiger partial charge in [0.1, 0.15) is 5.75 Å². The summed E-state index contributed by atoms with van der Waals surface area (Å²) < 4.78 is 5.49. The van der Waals surface area contributed by atoms with Crippen molar-refractivity contribution in [3.8, 4) is 5.75 Å². The Bertz CT molecular complexity index is 1030. The van der Waals surface area contributed by atoms with Crippen LogP contribution in [0.2, 0.25) is 5.02 Å². The van der Waals surface area contributed by atoms with Crippen molar-refractivity contribution in [3.05, 3.63) is 88.4 Å². The molecule has 0 aliphatic carbocycles. The van der Waals surface area contributed by atoms with Gasteiger partial charge in [-0.25, -0.2) is 0 Å². The Morgan fingerprint density at radius 2 is 1.62 bits per heavy atom. The Kier molecular flexibility index (Phi) is 6.52. The van der Waals surface area contributed by atoms with Gasteiger partial charge in [0, 0.05) is 22.0 Å². The van der Waals surface area contributed by atoms with Crippen LogP contribution in [0.5, 0.6) is 5.75 Å². The van der Waals surface area contributed by atoms with Gasteiger partial charge >= 0.3 is 0 Å². The molecule has 2 amide bonds. The standard InChI is InChI=1S/C23H21ClN2O3/c1-15-7-10-18(13-20(15)24)25-22(27)14-29-19-11-8-17(9-12-19)23(28)26-21-6-4-3-5-16(21)2/h3-13H,14H2,1-2H3,(H,25,27)(H,26,28). The third-order valence-electron chi connectivity index (χ3n) is 4.34. The fraction of sp³-hybridized carbons (Fsp3) is 0.130. The number of carbonyl (C=O) groups excluding carboxylic acids is 2. The van der Waals surface area contributed by atoms with Crippen molar-refractivity contribution >= 4 is 34.8 Å². The van der Waals surface area contributed by atoms with Crippen LogP contribution in [0.1, 0.15) is 21.5 Å². The molecule has 0 saturated heterocycles. The molecular formula is C23H21ClN2O3. The lowest BCUT2D eigenvalue weighted by atomic mass is 10.1. The maximum absolute atomic E-state index is 12.4. The van der Waals surface area contributed by atoms with E-state index in [1.807, 2.05) is 44.2 Å². The van der Waals surface area contributed by atoms with Gasteiger partial charge in [0.15, 0.2) is 6.61 Å². The molecule has 0 atom stereocenters. The van der Waals surface area contributed by atoms with Crippen molar-refractivity contribution in [1.82, 2.24) is 0 Å². The van der Waals surface area contributed by atoms with Crippen molar-refractivity contribution in [2.24, 2.45) is 0 Å². The van der Waals surface area contributed by atoms with Crippen LogP contribution in [0.4, 0.5) is 11.4 Å². The van der Waals surface area contributed by atoms with Crippen LogP contribution in [0.15, 0.2) is 66.7 Å². The topological polar surface area (TPSA) is 67.4 Å². The van der Waals surface area contributed by atoms with Gasteiger partial charge in [-0.1, -0.05) is 35.9 Å². The summed E-state index contributed by atoms with van der Waals surface area (Å²) in [6.45, 7) is 3.67. The maximum atomic E-state index is 12.4. The normalized spacial score (nSPS) is 10.3. The Morgan fingerprint density at radius 1 is 0.897 bits per heavy atom. The van der Waals surface area contributed by atoms with Crippen LogP contribution in [-0.4, -0.2) is 18.4 Å². The minimum Gasteiger partial charge on any atom is -0.484 e. The van der Waals surface area contributed by atoms with Gasteiger partial charge in [-0.3, -0.25) is 9.59 Å². The third-order valence-corrected chi connectivity index (χ3v) is 4.74. The Morgan fingerprint density at radius 3 is 2.31 bits per heavy atom. The Labute approximate surface area is 174 Å². The monoisotopic (exact) mass is 408 g/mol. The fourth-order valence-electron chi connectivity index (χ4n) is 2.63. The first-order valence-electron chi connectivity index (χ1n) is 9.08. The predicted octanol–water partition coefficient (Wildman–Crippen LogP) is 5.23. The van der Waals surface area contributed by atoms with Crippen molar-refractivity contribution < 1.29 is 14.3 Å². The molecule has 29 heavy (non-hydrogen) atoms. The van der Waals surface area contributed by atoms with E-state index in [2.05, 4.69) is 10.6 Å². The molecule has 0 fully saturated rings. The zero-order valence-electron chi connectivity index (χ0n) is 16.2. The summed E-state index contributed by atoms with van der Waals surface area (Å²) in [6.07, 6.45) is 0. The van der Waals surface area contributed by atoms with E-state index in [-0.39, 0.29) is 18.4 Å². The summed E-state index contributed by atoms with van der Waals surface area (Å²) in [5, 5.41) is 6.19. The van der Waals surface area contributed by atoms with Crippen molar-refractivity contribution in [3.63, 3.8) is 0 Å². The molecule has 0 spiro atoms. The first-order chi connectivity index (χ1) is 13.9. The highest BCUT2D eigenvalue weighted by atomic mass is 35.5. The molecule has 0 unspecified atom stereocenters. The number of nitrogens with one attached hydrogen (secondary N) is 2. The number of para-hydroxylation sites is 1. The summed E-state index contributed by atoms with van der Waals surface area (Å²) in [5.74, 6) is -0.0133. The van der Waals surface area contributed by atoms with E-state index in [0.717, 1.165) is 16.8 Å². The zero-order valence-corrected chi connectivity index (χ0v) is 16.9. The molecule has 3 aromatic carbocycles. The van der Waals surface area contributed by atoms with Crippen LogP contribution in [-0.2, 0) is 4.79 Å². The summed E-state index contributed by atoms with van der Waals surface area (Å²) >= 11 is 6.06. The van der Waals surface area contributed by atoms with Crippen LogP contribution in [0, 0.1) is 13.8 Å². The first-order valence-corrected chi connectivity index (χ1v) is 9.46. The molecule has 5 nitrogen and oxygen atoms in total.